The number of aliphatic imine (C=N–C) groups is 1. The van der Waals surface area contributed by atoms with E-state index in [-0.39, 0.29) is 0 Å². The highest BCUT2D eigenvalue weighted by Crippen LogP contribution is 2.47. The maximum absolute atomic E-state index is 9.90. The van der Waals surface area contributed by atoms with Crippen LogP contribution in [0.3, 0.4) is 0 Å². The largest absolute Gasteiger partial charge is 0.234 e. The predicted molar refractivity (Wildman–Crippen MR) is 53.3 cm³/mol. The van der Waals surface area contributed by atoms with Gasteiger partial charge in [0.1, 0.15) is 0 Å². The molecule has 0 N–H and O–H groups in total. The Kier molecular flexibility index (Phi) is 3.27. The SMILES string of the molecule is CC1C(CCN=C=O)CCC1(C)C. The molecule has 0 saturated heterocycles. The second kappa shape index (κ2) is 4.06. The lowest BCUT2D eigenvalue weighted by atomic mass is 9.79. The monoisotopic (exact) mass is 181 g/mol. The van der Waals surface area contributed by atoms with Crippen LogP contribution in [0.1, 0.15) is 40.0 Å². The van der Waals surface area contributed by atoms with Crippen LogP contribution in [0.2, 0.25) is 0 Å². The number of rotatable bonds is 3. The highest BCUT2D eigenvalue weighted by Gasteiger charge is 2.37. The van der Waals surface area contributed by atoms with Crippen molar-refractivity contribution in [1.82, 2.24) is 0 Å². The molecule has 0 aliphatic heterocycles. The molecule has 1 fully saturated rings. The van der Waals surface area contributed by atoms with Gasteiger partial charge in [0.15, 0.2) is 0 Å². The van der Waals surface area contributed by atoms with Crippen molar-refractivity contribution in [3.63, 3.8) is 0 Å². The summed E-state index contributed by atoms with van der Waals surface area (Å²) in [6.07, 6.45) is 5.26. The fourth-order valence-electron chi connectivity index (χ4n) is 2.34. The van der Waals surface area contributed by atoms with Crippen molar-refractivity contribution in [2.45, 2.75) is 40.0 Å². The quantitative estimate of drug-likeness (QED) is 0.486. The smallest absolute Gasteiger partial charge is 0.211 e. The Hall–Kier alpha value is -0.620. The second-order valence-corrected chi connectivity index (χ2v) is 4.84. The van der Waals surface area contributed by atoms with Crippen molar-refractivity contribution >= 4 is 6.08 Å². The summed E-state index contributed by atoms with van der Waals surface area (Å²) in [6, 6.07) is 0. The van der Waals surface area contributed by atoms with Crippen LogP contribution in [0, 0.1) is 17.3 Å². The van der Waals surface area contributed by atoms with Crippen molar-refractivity contribution in [2.75, 3.05) is 6.54 Å². The van der Waals surface area contributed by atoms with Crippen LogP contribution in [0.5, 0.6) is 0 Å². The van der Waals surface area contributed by atoms with E-state index in [0.29, 0.717) is 12.0 Å². The van der Waals surface area contributed by atoms with E-state index in [1.54, 1.807) is 6.08 Å². The van der Waals surface area contributed by atoms with E-state index in [2.05, 4.69) is 25.8 Å². The molecule has 0 bridgehead atoms. The van der Waals surface area contributed by atoms with Gasteiger partial charge < -0.3 is 0 Å². The molecule has 0 heterocycles. The van der Waals surface area contributed by atoms with Gasteiger partial charge in [-0.3, -0.25) is 0 Å². The lowest BCUT2D eigenvalue weighted by Gasteiger charge is -2.26. The summed E-state index contributed by atoms with van der Waals surface area (Å²) in [7, 11) is 0. The molecule has 2 unspecified atom stereocenters. The Bertz CT molecular complexity index is 216. The van der Waals surface area contributed by atoms with Crippen LogP contribution >= 0.6 is 0 Å². The van der Waals surface area contributed by atoms with Crippen molar-refractivity contribution in [1.29, 1.82) is 0 Å². The molecule has 2 nitrogen and oxygen atoms in total. The van der Waals surface area contributed by atoms with Gasteiger partial charge in [-0.15, -0.1) is 0 Å². The first kappa shape index (κ1) is 10.5. The molecular formula is C11H19NO. The summed E-state index contributed by atoms with van der Waals surface area (Å²) in [5.41, 5.74) is 0.482. The van der Waals surface area contributed by atoms with E-state index in [1.807, 2.05) is 0 Å². The van der Waals surface area contributed by atoms with Crippen molar-refractivity contribution in [2.24, 2.45) is 22.2 Å². The van der Waals surface area contributed by atoms with Gasteiger partial charge in [-0.2, -0.15) is 0 Å². The maximum Gasteiger partial charge on any atom is 0.234 e. The molecule has 0 aromatic carbocycles. The van der Waals surface area contributed by atoms with Crippen LogP contribution in [0.15, 0.2) is 4.99 Å². The zero-order chi connectivity index (χ0) is 9.90. The van der Waals surface area contributed by atoms with Gasteiger partial charge in [-0.1, -0.05) is 20.8 Å². The molecule has 74 valence electrons. The Morgan fingerprint density at radius 2 is 2.23 bits per heavy atom. The Morgan fingerprint density at radius 3 is 2.69 bits per heavy atom. The molecular weight excluding hydrogens is 162 g/mol. The first-order chi connectivity index (χ1) is 6.08. The first-order valence-corrected chi connectivity index (χ1v) is 5.11. The fourth-order valence-corrected chi connectivity index (χ4v) is 2.34. The van der Waals surface area contributed by atoms with Gasteiger partial charge in [0.05, 0.1) is 6.54 Å². The summed E-state index contributed by atoms with van der Waals surface area (Å²) in [5, 5.41) is 0. The Labute approximate surface area is 80.4 Å². The van der Waals surface area contributed by atoms with E-state index < -0.39 is 0 Å². The lowest BCUT2D eigenvalue weighted by molar-refractivity contribution is 0.234. The zero-order valence-corrected chi connectivity index (χ0v) is 8.84. The van der Waals surface area contributed by atoms with Gasteiger partial charge >= 0.3 is 0 Å². The normalized spacial score (nSPS) is 31.3. The molecule has 2 atom stereocenters. The summed E-state index contributed by atoms with van der Waals surface area (Å²) >= 11 is 0. The second-order valence-electron chi connectivity index (χ2n) is 4.84. The minimum Gasteiger partial charge on any atom is -0.211 e. The summed E-state index contributed by atoms with van der Waals surface area (Å²) in [6.45, 7) is 7.65. The van der Waals surface area contributed by atoms with E-state index in [4.69, 9.17) is 0 Å². The van der Waals surface area contributed by atoms with Crippen LogP contribution in [0.25, 0.3) is 0 Å². The van der Waals surface area contributed by atoms with Crippen molar-refractivity contribution < 1.29 is 4.79 Å². The third-order valence-electron chi connectivity index (χ3n) is 3.78. The number of hydrogen-bond acceptors (Lipinski definition) is 2. The molecule has 13 heavy (non-hydrogen) atoms. The van der Waals surface area contributed by atoms with E-state index in [9.17, 15) is 4.79 Å². The average Bonchev–Trinajstić information content (AvgIpc) is 2.32. The minimum absolute atomic E-state index is 0.482. The molecule has 1 aliphatic carbocycles. The molecule has 0 amide bonds. The number of nitrogens with zero attached hydrogens (tertiary/aromatic N) is 1. The highest BCUT2D eigenvalue weighted by atomic mass is 16.1. The topological polar surface area (TPSA) is 29.4 Å². The molecule has 1 rings (SSSR count). The van der Waals surface area contributed by atoms with Gasteiger partial charge in [0.2, 0.25) is 6.08 Å². The van der Waals surface area contributed by atoms with Crippen molar-refractivity contribution in [3.8, 4) is 0 Å². The average molecular weight is 181 g/mol. The van der Waals surface area contributed by atoms with E-state index in [1.165, 1.54) is 12.8 Å². The molecule has 2 heteroatoms. The number of carbonyl (C=O) groups excluding carboxylic acids is 1. The highest BCUT2D eigenvalue weighted by molar-refractivity contribution is 5.32. The van der Waals surface area contributed by atoms with Crippen LogP contribution < -0.4 is 0 Å². The van der Waals surface area contributed by atoms with Gasteiger partial charge in [-0.25, -0.2) is 9.79 Å². The molecule has 0 radical (unpaired) electrons. The maximum atomic E-state index is 9.90. The van der Waals surface area contributed by atoms with Gasteiger partial charge in [0.25, 0.3) is 0 Å². The third-order valence-corrected chi connectivity index (χ3v) is 3.78. The third kappa shape index (κ3) is 2.41. The van der Waals surface area contributed by atoms with Gasteiger partial charge in [0, 0.05) is 0 Å². The van der Waals surface area contributed by atoms with Crippen molar-refractivity contribution in [3.05, 3.63) is 0 Å². The summed E-state index contributed by atoms with van der Waals surface area (Å²) in [4.78, 5) is 13.5. The van der Waals surface area contributed by atoms with Gasteiger partial charge in [-0.05, 0) is 36.5 Å². The van der Waals surface area contributed by atoms with E-state index >= 15 is 0 Å². The first-order valence-electron chi connectivity index (χ1n) is 5.11. The molecule has 1 aliphatic rings. The fraction of sp³-hybridized carbons (Fsp3) is 0.909. The summed E-state index contributed by atoms with van der Waals surface area (Å²) in [5.74, 6) is 1.52. The van der Waals surface area contributed by atoms with Crippen LogP contribution in [-0.4, -0.2) is 12.6 Å². The summed E-state index contributed by atoms with van der Waals surface area (Å²) < 4.78 is 0. The Balaban J connectivity index is 2.41. The zero-order valence-electron chi connectivity index (χ0n) is 8.84. The molecule has 0 aromatic heterocycles. The minimum atomic E-state index is 0.482. The molecule has 0 spiro atoms. The lowest BCUT2D eigenvalue weighted by Crippen LogP contribution is -2.19. The molecule has 0 aromatic rings. The molecule has 1 saturated carbocycles. The van der Waals surface area contributed by atoms with E-state index in [0.717, 1.165) is 18.3 Å². The standard InChI is InChI=1S/C11H19NO/c1-9-10(5-7-12-8-13)4-6-11(9,2)3/h9-10H,4-7H2,1-3H3. The predicted octanol–water partition coefficient (Wildman–Crippen LogP) is 2.78. The Morgan fingerprint density at radius 1 is 1.54 bits per heavy atom. The number of isocyanates is 1. The van der Waals surface area contributed by atoms with Crippen LogP contribution in [0.4, 0.5) is 0 Å². The van der Waals surface area contributed by atoms with Crippen LogP contribution in [-0.2, 0) is 4.79 Å². The number of hydrogen-bond donors (Lipinski definition) is 0.